The highest BCUT2D eigenvalue weighted by Crippen LogP contribution is 2.24. The third-order valence-corrected chi connectivity index (χ3v) is 5.76. The van der Waals surface area contributed by atoms with Crippen molar-refractivity contribution in [3.05, 3.63) is 52.9 Å². The maximum Gasteiger partial charge on any atom is 0.191 e. The molecule has 6 heteroatoms. The van der Waals surface area contributed by atoms with Crippen molar-refractivity contribution < 1.29 is 4.74 Å². The summed E-state index contributed by atoms with van der Waals surface area (Å²) in [5, 5.41) is 10.5. The average molecular weight is 387 g/mol. The maximum absolute atomic E-state index is 5.44. The van der Waals surface area contributed by atoms with Crippen LogP contribution in [0, 0.1) is 0 Å². The molecule has 1 aliphatic rings. The van der Waals surface area contributed by atoms with Gasteiger partial charge in [0.05, 0.1) is 11.6 Å². The monoisotopic (exact) mass is 386 g/mol. The zero-order chi connectivity index (χ0) is 18.9. The van der Waals surface area contributed by atoms with E-state index in [4.69, 9.17) is 4.74 Å². The highest BCUT2D eigenvalue weighted by molar-refractivity contribution is 7.14. The van der Waals surface area contributed by atoms with E-state index in [2.05, 4.69) is 62.3 Å². The van der Waals surface area contributed by atoms with Gasteiger partial charge < -0.3 is 20.3 Å². The van der Waals surface area contributed by atoms with Crippen molar-refractivity contribution in [2.45, 2.75) is 39.0 Å². The van der Waals surface area contributed by atoms with E-state index >= 15 is 0 Å². The first-order valence-corrected chi connectivity index (χ1v) is 10.6. The topological polar surface area (TPSA) is 48.9 Å². The molecule has 27 heavy (non-hydrogen) atoms. The molecule has 2 aromatic rings. The quantitative estimate of drug-likeness (QED) is 0.564. The number of anilines is 1. The Morgan fingerprint density at radius 3 is 2.56 bits per heavy atom. The van der Waals surface area contributed by atoms with Crippen LogP contribution >= 0.6 is 11.3 Å². The molecule has 0 atom stereocenters. The van der Waals surface area contributed by atoms with Gasteiger partial charge in [0, 0.05) is 39.3 Å². The lowest BCUT2D eigenvalue weighted by molar-refractivity contribution is 0.134. The van der Waals surface area contributed by atoms with Gasteiger partial charge in [0.1, 0.15) is 0 Å². The van der Waals surface area contributed by atoms with Crippen LogP contribution in [-0.2, 0) is 17.9 Å². The van der Waals surface area contributed by atoms with E-state index in [0.29, 0.717) is 12.6 Å². The molecule has 3 rings (SSSR count). The van der Waals surface area contributed by atoms with Crippen molar-refractivity contribution in [3.8, 4) is 0 Å². The molecular weight excluding hydrogens is 356 g/mol. The van der Waals surface area contributed by atoms with Gasteiger partial charge in [0.25, 0.3) is 0 Å². The molecule has 0 spiro atoms. The Hall–Kier alpha value is -2.05. The number of thiophene rings is 1. The molecule has 1 aromatic heterocycles. The van der Waals surface area contributed by atoms with Gasteiger partial charge in [-0.3, -0.25) is 4.99 Å². The number of nitrogens with zero attached hydrogens (tertiary/aromatic N) is 2. The molecule has 5 nitrogen and oxygen atoms in total. The summed E-state index contributed by atoms with van der Waals surface area (Å²) in [6.07, 6.45) is 2.26. The van der Waals surface area contributed by atoms with Crippen molar-refractivity contribution in [2.75, 3.05) is 31.6 Å². The van der Waals surface area contributed by atoms with Gasteiger partial charge in [-0.15, -0.1) is 11.3 Å². The number of benzene rings is 1. The maximum atomic E-state index is 5.44. The number of hydrogen-bond acceptors (Lipinski definition) is 4. The fourth-order valence-electron chi connectivity index (χ4n) is 3.24. The standard InChI is InChI=1S/C21H30N4OS/c1-3-26-16-18-8-6-17(7-9-18)15-23-21(22-2)24-19-10-12-25(13-11-19)20-5-4-14-27-20/h4-9,14,19H,3,10-13,15-16H2,1-2H3,(H2,22,23,24). The molecule has 2 N–H and O–H groups in total. The van der Waals surface area contributed by atoms with Crippen LogP contribution in [0.3, 0.4) is 0 Å². The number of aliphatic imine (C=N–C) groups is 1. The summed E-state index contributed by atoms with van der Waals surface area (Å²) in [5.41, 5.74) is 2.45. The lowest BCUT2D eigenvalue weighted by Crippen LogP contribution is -2.48. The van der Waals surface area contributed by atoms with Crippen LogP contribution in [0.5, 0.6) is 0 Å². The van der Waals surface area contributed by atoms with Gasteiger partial charge in [-0.05, 0) is 48.4 Å². The molecule has 0 saturated carbocycles. The van der Waals surface area contributed by atoms with E-state index < -0.39 is 0 Å². The van der Waals surface area contributed by atoms with E-state index in [1.54, 1.807) is 0 Å². The molecule has 1 saturated heterocycles. The summed E-state index contributed by atoms with van der Waals surface area (Å²) >= 11 is 1.82. The normalized spacial score (nSPS) is 15.8. The zero-order valence-corrected chi connectivity index (χ0v) is 17.1. The minimum atomic E-state index is 0.473. The van der Waals surface area contributed by atoms with Gasteiger partial charge in [-0.2, -0.15) is 0 Å². The van der Waals surface area contributed by atoms with Crippen LogP contribution in [0.2, 0.25) is 0 Å². The van der Waals surface area contributed by atoms with E-state index in [9.17, 15) is 0 Å². The summed E-state index contributed by atoms with van der Waals surface area (Å²) in [4.78, 5) is 6.86. The third-order valence-electron chi connectivity index (χ3n) is 4.83. The first-order valence-electron chi connectivity index (χ1n) is 9.69. The number of hydrogen-bond donors (Lipinski definition) is 2. The SMILES string of the molecule is CCOCc1ccc(CNC(=NC)NC2CCN(c3cccs3)CC2)cc1. The predicted molar refractivity (Wildman–Crippen MR) is 115 cm³/mol. The van der Waals surface area contributed by atoms with Crippen LogP contribution in [0.4, 0.5) is 5.00 Å². The second-order valence-electron chi connectivity index (χ2n) is 6.74. The first-order chi connectivity index (χ1) is 13.3. The molecule has 1 fully saturated rings. The van der Waals surface area contributed by atoms with Crippen LogP contribution in [0.25, 0.3) is 0 Å². The number of guanidine groups is 1. The van der Waals surface area contributed by atoms with Crippen LogP contribution in [0.15, 0.2) is 46.8 Å². The number of nitrogens with one attached hydrogen (secondary N) is 2. The summed E-state index contributed by atoms with van der Waals surface area (Å²) in [6.45, 7) is 6.40. The molecule has 1 aromatic carbocycles. The Kier molecular flexibility index (Phi) is 7.54. The zero-order valence-electron chi connectivity index (χ0n) is 16.3. The first kappa shape index (κ1) is 19.7. The Morgan fingerprint density at radius 1 is 1.19 bits per heavy atom. The summed E-state index contributed by atoms with van der Waals surface area (Å²) < 4.78 is 5.44. The fraction of sp³-hybridized carbons (Fsp3) is 0.476. The highest BCUT2D eigenvalue weighted by Gasteiger charge is 2.20. The largest absolute Gasteiger partial charge is 0.377 e. The average Bonchev–Trinajstić information content (AvgIpc) is 3.25. The summed E-state index contributed by atoms with van der Waals surface area (Å²) in [7, 11) is 1.83. The van der Waals surface area contributed by atoms with Crippen molar-refractivity contribution in [2.24, 2.45) is 4.99 Å². The Balaban J connectivity index is 1.42. The van der Waals surface area contributed by atoms with Crippen molar-refractivity contribution >= 4 is 22.3 Å². The number of piperidine rings is 1. The molecular formula is C21H30N4OS. The molecule has 0 unspecified atom stereocenters. The molecule has 1 aliphatic heterocycles. The van der Waals surface area contributed by atoms with Gasteiger partial charge in [-0.1, -0.05) is 24.3 Å². The Bertz CT molecular complexity index is 691. The lowest BCUT2D eigenvalue weighted by Gasteiger charge is -2.33. The van der Waals surface area contributed by atoms with E-state index in [-0.39, 0.29) is 0 Å². The van der Waals surface area contributed by atoms with E-state index in [1.165, 1.54) is 16.1 Å². The van der Waals surface area contributed by atoms with E-state index in [0.717, 1.165) is 45.0 Å². The Labute approximate surface area is 166 Å². The minimum Gasteiger partial charge on any atom is -0.377 e. The second-order valence-corrected chi connectivity index (χ2v) is 7.66. The highest BCUT2D eigenvalue weighted by atomic mass is 32.1. The van der Waals surface area contributed by atoms with Crippen LogP contribution < -0.4 is 15.5 Å². The van der Waals surface area contributed by atoms with Crippen LogP contribution in [0.1, 0.15) is 30.9 Å². The summed E-state index contributed by atoms with van der Waals surface area (Å²) in [6, 6.07) is 13.4. The Morgan fingerprint density at radius 2 is 1.93 bits per heavy atom. The molecule has 0 bridgehead atoms. The molecule has 2 heterocycles. The third kappa shape index (κ3) is 5.97. The predicted octanol–water partition coefficient (Wildman–Crippen LogP) is 3.62. The van der Waals surface area contributed by atoms with Crippen LogP contribution in [-0.4, -0.2) is 38.7 Å². The second kappa shape index (κ2) is 10.3. The van der Waals surface area contributed by atoms with Crippen molar-refractivity contribution in [3.63, 3.8) is 0 Å². The van der Waals surface area contributed by atoms with E-state index in [1.807, 2.05) is 25.3 Å². The molecule has 0 amide bonds. The van der Waals surface area contributed by atoms with Crippen molar-refractivity contribution in [1.82, 2.24) is 10.6 Å². The smallest absolute Gasteiger partial charge is 0.191 e. The summed E-state index contributed by atoms with van der Waals surface area (Å²) in [5.74, 6) is 0.878. The molecule has 0 radical (unpaired) electrons. The van der Waals surface area contributed by atoms with Gasteiger partial charge in [0.2, 0.25) is 0 Å². The number of ether oxygens (including phenoxy) is 1. The molecule has 146 valence electrons. The lowest BCUT2D eigenvalue weighted by atomic mass is 10.1. The van der Waals surface area contributed by atoms with Crippen molar-refractivity contribution in [1.29, 1.82) is 0 Å². The minimum absolute atomic E-state index is 0.473. The van der Waals surface area contributed by atoms with Gasteiger partial charge >= 0.3 is 0 Å². The van der Waals surface area contributed by atoms with Gasteiger partial charge in [0.15, 0.2) is 5.96 Å². The fourth-order valence-corrected chi connectivity index (χ4v) is 4.03. The molecule has 0 aliphatic carbocycles. The number of rotatable bonds is 7. The van der Waals surface area contributed by atoms with Gasteiger partial charge in [-0.25, -0.2) is 0 Å².